The minimum atomic E-state index is -3.49. The monoisotopic (exact) mass is 556 g/mol. The summed E-state index contributed by atoms with van der Waals surface area (Å²) in [6.45, 7) is 5.03. The first-order valence-electron chi connectivity index (χ1n) is 12.3. The number of halogens is 1. The highest BCUT2D eigenvalue weighted by atomic mass is 35.5. The largest absolute Gasteiger partial charge is 0.490 e. The van der Waals surface area contributed by atoms with E-state index in [9.17, 15) is 18.0 Å². The number of ether oxygens (including phenoxy) is 1. The van der Waals surface area contributed by atoms with Gasteiger partial charge in [-0.1, -0.05) is 24.6 Å². The first-order valence-corrected chi connectivity index (χ1v) is 14.5. The quantitative estimate of drug-likeness (QED) is 0.434. The molecule has 0 spiro atoms. The maximum atomic E-state index is 12.9. The van der Waals surface area contributed by atoms with Gasteiger partial charge in [0.15, 0.2) is 9.84 Å². The van der Waals surface area contributed by atoms with Crippen LogP contribution < -0.4 is 15.6 Å². The first-order chi connectivity index (χ1) is 18.0. The van der Waals surface area contributed by atoms with Crippen molar-refractivity contribution in [2.24, 2.45) is 5.92 Å². The summed E-state index contributed by atoms with van der Waals surface area (Å²) in [5, 5.41) is 12.9. The van der Waals surface area contributed by atoms with Crippen LogP contribution >= 0.6 is 11.6 Å². The molecule has 200 valence electrons. The molecule has 2 aromatic carbocycles. The third kappa shape index (κ3) is 6.54. The third-order valence-corrected chi connectivity index (χ3v) is 8.05. The number of aromatic amines is 1. The van der Waals surface area contributed by atoms with Crippen molar-refractivity contribution in [3.05, 3.63) is 69.1 Å². The van der Waals surface area contributed by atoms with E-state index in [1.807, 2.05) is 6.07 Å². The van der Waals surface area contributed by atoms with Gasteiger partial charge >= 0.3 is 0 Å². The predicted octanol–water partition coefficient (Wildman–Crippen LogP) is 3.37. The number of H-pyrrole nitrogens is 1. The molecule has 1 atom stereocenters. The van der Waals surface area contributed by atoms with Crippen LogP contribution in [0.4, 0.5) is 0 Å². The van der Waals surface area contributed by atoms with Gasteiger partial charge in [0.25, 0.3) is 11.5 Å². The van der Waals surface area contributed by atoms with Crippen LogP contribution in [-0.2, 0) is 9.84 Å². The highest BCUT2D eigenvalue weighted by Crippen LogP contribution is 2.25. The Morgan fingerprint density at radius 3 is 2.63 bits per heavy atom. The SMILES string of the molecule is C[C@H](CNC(=O)c1c[nH]c(=O)c2cc(S(C)(=O)=O)ccc12)CN1CCC(Oc2ccc(C#N)c(Cl)c2)CC1. The number of pyridine rings is 1. The smallest absolute Gasteiger partial charge is 0.255 e. The number of hydrogen-bond donors (Lipinski definition) is 2. The van der Waals surface area contributed by atoms with Crippen molar-refractivity contribution in [1.29, 1.82) is 5.26 Å². The molecule has 0 unspecified atom stereocenters. The van der Waals surface area contributed by atoms with Gasteiger partial charge in [-0.15, -0.1) is 0 Å². The van der Waals surface area contributed by atoms with Crippen LogP contribution in [0.5, 0.6) is 5.75 Å². The average Bonchev–Trinajstić information content (AvgIpc) is 2.88. The molecule has 0 aliphatic carbocycles. The molecule has 38 heavy (non-hydrogen) atoms. The van der Waals surface area contributed by atoms with Gasteiger partial charge in [0.2, 0.25) is 0 Å². The van der Waals surface area contributed by atoms with Crippen LogP contribution in [0.2, 0.25) is 5.02 Å². The maximum Gasteiger partial charge on any atom is 0.255 e. The number of piperidine rings is 1. The van der Waals surface area contributed by atoms with Crippen LogP contribution in [0.1, 0.15) is 35.7 Å². The molecule has 2 N–H and O–H groups in total. The summed E-state index contributed by atoms with van der Waals surface area (Å²) in [6.07, 6.45) is 4.21. The van der Waals surface area contributed by atoms with E-state index in [1.54, 1.807) is 18.2 Å². The second-order valence-electron chi connectivity index (χ2n) is 9.70. The van der Waals surface area contributed by atoms with Crippen molar-refractivity contribution >= 4 is 38.1 Å². The number of nitriles is 1. The first kappa shape index (κ1) is 27.6. The number of sulfone groups is 1. The lowest BCUT2D eigenvalue weighted by Crippen LogP contribution is -2.42. The average molecular weight is 557 g/mol. The van der Waals surface area contributed by atoms with Gasteiger partial charge in [0, 0.05) is 55.5 Å². The Balaban J connectivity index is 1.29. The zero-order valence-corrected chi connectivity index (χ0v) is 22.7. The fourth-order valence-electron chi connectivity index (χ4n) is 4.59. The fourth-order valence-corrected chi connectivity index (χ4v) is 5.45. The van der Waals surface area contributed by atoms with Gasteiger partial charge in [-0.2, -0.15) is 5.26 Å². The standard InChI is InChI=1S/C27H29ClN4O5S/c1-17(16-32-9-7-19(8-10-32)37-20-4-3-18(13-29)25(28)11-20)14-30-27(34)24-15-31-26(33)23-12-21(38(2,35)36)5-6-22(23)24/h3-6,11-12,15,17,19H,7-10,14,16H2,1-2H3,(H,30,34)(H,31,33)/t17-/m1/s1. The van der Waals surface area contributed by atoms with E-state index >= 15 is 0 Å². The number of rotatable bonds is 8. The molecule has 3 aromatic rings. The molecule has 1 amide bonds. The summed E-state index contributed by atoms with van der Waals surface area (Å²) in [7, 11) is -3.49. The number of carbonyl (C=O) groups is 1. The van der Waals surface area contributed by atoms with Crippen LogP contribution in [0, 0.1) is 17.2 Å². The van der Waals surface area contributed by atoms with E-state index in [-0.39, 0.29) is 33.8 Å². The van der Waals surface area contributed by atoms with Crippen LogP contribution in [0.3, 0.4) is 0 Å². The van der Waals surface area contributed by atoms with Crippen LogP contribution in [-0.4, -0.2) is 62.7 Å². The summed E-state index contributed by atoms with van der Waals surface area (Å²) in [5.41, 5.74) is 0.252. The van der Waals surface area contributed by atoms with Crippen molar-refractivity contribution in [1.82, 2.24) is 15.2 Å². The molecular weight excluding hydrogens is 528 g/mol. The van der Waals surface area contributed by atoms with E-state index in [0.717, 1.165) is 38.7 Å². The van der Waals surface area contributed by atoms with Gasteiger partial charge in [-0.3, -0.25) is 9.59 Å². The minimum absolute atomic E-state index is 0.0246. The van der Waals surface area contributed by atoms with Crippen molar-refractivity contribution in [3.8, 4) is 11.8 Å². The lowest BCUT2D eigenvalue weighted by Gasteiger charge is -2.33. The Morgan fingerprint density at radius 1 is 1.24 bits per heavy atom. The number of aromatic nitrogens is 1. The number of hydrogen-bond acceptors (Lipinski definition) is 7. The van der Waals surface area contributed by atoms with E-state index in [2.05, 4.69) is 22.1 Å². The van der Waals surface area contributed by atoms with Gasteiger partial charge in [-0.25, -0.2) is 8.42 Å². The number of likely N-dealkylation sites (tertiary alicyclic amines) is 1. The molecule has 0 saturated carbocycles. The normalized spacial score (nSPS) is 15.6. The zero-order chi connectivity index (χ0) is 27.4. The number of nitrogens with one attached hydrogen (secondary N) is 2. The van der Waals surface area contributed by atoms with Crippen molar-refractivity contribution in [3.63, 3.8) is 0 Å². The van der Waals surface area contributed by atoms with Crippen molar-refractivity contribution in [2.75, 3.05) is 32.4 Å². The topological polar surface area (TPSA) is 132 Å². The van der Waals surface area contributed by atoms with Gasteiger partial charge < -0.3 is 19.9 Å². The lowest BCUT2D eigenvalue weighted by molar-refractivity contribution is 0.0886. The molecule has 4 rings (SSSR count). The third-order valence-electron chi connectivity index (χ3n) is 6.63. The van der Waals surface area contributed by atoms with Crippen molar-refractivity contribution < 1.29 is 17.9 Å². The zero-order valence-electron chi connectivity index (χ0n) is 21.2. The van der Waals surface area contributed by atoms with Gasteiger partial charge in [-0.05, 0) is 43.0 Å². The van der Waals surface area contributed by atoms with Gasteiger partial charge in [0.05, 0.1) is 21.0 Å². The Morgan fingerprint density at radius 2 is 1.97 bits per heavy atom. The number of nitrogens with zero attached hydrogens (tertiary/aromatic N) is 2. The van der Waals surface area contributed by atoms with Crippen molar-refractivity contribution in [2.45, 2.75) is 30.8 Å². The molecule has 1 saturated heterocycles. The van der Waals surface area contributed by atoms with E-state index in [0.29, 0.717) is 28.3 Å². The Bertz CT molecular complexity index is 1560. The van der Waals surface area contributed by atoms with Gasteiger partial charge in [0.1, 0.15) is 17.9 Å². The summed E-state index contributed by atoms with van der Waals surface area (Å²) >= 11 is 6.10. The van der Waals surface area contributed by atoms with Crippen LogP contribution in [0.25, 0.3) is 10.8 Å². The molecule has 0 bridgehead atoms. The van der Waals surface area contributed by atoms with E-state index in [1.165, 1.54) is 24.4 Å². The highest BCUT2D eigenvalue weighted by Gasteiger charge is 2.23. The number of carbonyl (C=O) groups excluding carboxylic acids is 1. The fraction of sp³-hybridized carbons (Fsp3) is 0.370. The minimum Gasteiger partial charge on any atom is -0.490 e. The highest BCUT2D eigenvalue weighted by molar-refractivity contribution is 7.90. The molecular formula is C27H29ClN4O5S. The number of amides is 1. The second kappa shape index (κ2) is 11.6. The Kier molecular flexibility index (Phi) is 8.41. The summed E-state index contributed by atoms with van der Waals surface area (Å²) in [5.74, 6) is 0.504. The van der Waals surface area contributed by atoms with E-state index < -0.39 is 15.4 Å². The molecule has 0 radical (unpaired) electrons. The molecule has 9 nitrogen and oxygen atoms in total. The molecule has 1 aliphatic heterocycles. The summed E-state index contributed by atoms with van der Waals surface area (Å²) in [4.78, 5) is 30.1. The van der Waals surface area contributed by atoms with Crippen LogP contribution in [0.15, 0.2) is 52.3 Å². The maximum absolute atomic E-state index is 12.9. The lowest BCUT2D eigenvalue weighted by atomic mass is 10.0. The van der Waals surface area contributed by atoms with E-state index in [4.69, 9.17) is 21.6 Å². The summed E-state index contributed by atoms with van der Waals surface area (Å²) in [6, 6.07) is 11.3. The molecule has 1 aromatic heterocycles. The number of benzene rings is 2. The predicted molar refractivity (Wildman–Crippen MR) is 145 cm³/mol. The second-order valence-corrected chi connectivity index (χ2v) is 12.1. The number of fused-ring (bicyclic) bond motifs is 1. The summed E-state index contributed by atoms with van der Waals surface area (Å²) < 4.78 is 29.8. The molecule has 1 aliphatic rings. The molecule has 1 fully saturated rings. The Labute approximate surface area is 226 Å². The molecule has 2 heterocycles. The Hall–Kier alpha value is -3.39. The molecule has 11 heteroatoms.